The summed E-state index contributed by atoms with van der Waals surface area (Å²) >= 11 is 3.31. The highest BCUT2D eigenvalue weighted by molar-refractivity contribution is 9.09. The number of pyridine rings is 1. The van der Waals surface area contributed by atoms with Crippen LogP contribution in [0.3, 0.4) is 0 Å². The first-order valence-electron chi connectivity index (χ1n) is 12.3. The van der Waals surface area contributed by atoms with Gasteiger partial charge in [-0.25, -0.2) is 22.0 Å². The molecule has 13 heteroatoms. The summed E-state index contributed by atoms with van der Waals surface area (Å²) < 4.78 is 79.3. The molecule has 1 aromatic heterocycles. The Morgan fingerprint density at radius 2 is 1.70 bits per heavy atom. The number of carbonyl (C=O) groups is 1. The van der Waals surface area contributed by atoms with Crippen molar-refractivity contribution in [3.05, 3.63) is 92.7 Å². The molecule has 1 N–H and O–H groups in total. The quantitative estimate of drug-likeness (QED) is 0.149. The number of carbonyl (C=O) groups excluding carboxylic acids is 1. The largest absolute Gasteiger partial charge is 0.507 e. The molecule has 40 heavy (non-hydrogen) atoms. The summed E-state index contributed by atoms with van der Waals surface area (Å²) in [5.41, 5.74) is -1.84. The molecule has 0 bridgehead atoms. The van der Waals surface area contributed by atoms with Crippen molar-refractivity contribution in [2.24, 2.45) is 0 Å². The number of amides is 1. The molecule has 0 fully saturated rings. The molecule has 1 aliphatic heterocycles. The molecular weight excluding hydrogens is 605 g/mol. The summed E-state index contributed by atoms with van der Waals surface area (Å²) in [6, 6.07) is 2.08. The average Bonchev–Trinajstić information content (AvgIpc) is 2.92. The van der Waals surface area contributed by atoms with Crippen molar-refractivity contribution in [3.8, 4) is 11.5 Å². The number of fused-ring (bicyclic) bond motifs is 1. The van der Waals surface area contributed by atoms with E-state index in [1.807, 2.05) is 6.92 Å². The molecule has 0 spiro atoms. The number of rotatable bonds is 9. The van der Waals surface area contributed by atoms with Crippen LogP contribution in [0.4, 0.5) is 22.0 Å². The predicted octanol–water partition coefficient (Wildman–Crippen LogP) is 5.35. The van der Waals surface area contributed by atoms with Crippen LogP contribution in [0, 0.1) is 29.1 Å². The number of unbranched alkanes of at least 4 members (excludes halogenated alkanes) is 1. The van der Waals surface area contributed by atoms with Gasteiger partial charge in [0.1, 0.15) is 18.0 Å². The van der Waals surface area contributed by atoms with Gasteiger partial charge in [-0.2, -0.15) is 0 Å². The number of nitrogens with zero attached hydrogens (tertiary/aromatic N) is 3. The van der Waals surface area contributed by atoms with Crippen LogP contribution in [0.1, 0.15) is 53.8 Å². The fraction of sp³-hybridized carbons (Fsp3) is 0.333. The van der Waals surface area contributed by atoms with Gasteiger partial charge >= 0.3 is 0 Å². The van der Waals surface area contributed by atoms with Crippen molar-refractivity contribution in [1.82, 2.24) is 9.58 Å². The Morgan fingerprint density at radius 1 is 1.00 bits per heavy atom. The second-order valence-electron chi connectivity index (χ2n) is 9.15. The van der Waals surface area contributed by atoms with Crippen molar-refractivity contribution < 1.29 is 36.6 Å². The van der Waals surface area contributed by atoms with Crippen molar-refractivity contribution in [2.45, 2.75) is 38.4 Å². The molecule has 1 unspecified atom stereocenters. The Bertz CT molecular complexity index is 1500. The van der Waals surface area contributed by atoms with Gasteiger partial charge in [0, 0.05) is 41.8 Å². The van der Waals surface area contributed by atoms with Crippen LogP contribution < -0.4 is 15.2 Å². The maximum atomic E-state index is 15.4. The van der Waals surface area contributed by atoms with Crippen LogP contribution in [0.25, 0.3) is 0 Å². The fourth-order valence-electron chi connectivity index (χ4n) is 4.67. The number of aromatic nitrogens is 1. The van der Waals surface area contributed by atoms with E-state index in [0.29, 0.717) is 24.6 Å². The highest BCUT2D eigenvalue weighted by Gasteiger charge is 2.43. The summed E-state index contributed by atoms with van der Waals surface area (Å²) in [7, 11) is 1.41. The number of hydrogen-bond donors (Lipinski definition) is 1. The summed E-state index contributed by atoms with van der Waals surface area (Å²) in [5, 5.41) is 12.3. The smallest absolute Gasteiger partial charge is 0.277 e. The standard InChI is InChI=1S/C27H25BrF5N3O4/c1-3-4-11-40-26-19(37)8-10-35-25(26)27(39)34(2)21(7-9-28)36(35)24(14-5-6-16(29)23(33)22(14)32)15-12-17(30)18(31)13-20(15)38/h5-6,8,10,12-13,21,24,38H,3-4,7,9,11H2,1-2H3/t21-,24?/m0/s1. The van der Waals surface area contributed by atoms with Crippen molar-refractivity contribution in [1.29, 1.82) is 0 Å². The van der Waals surface area contributed by atoms with Crippen molar-refractivity contribution in [2.75, 3.05) is 24.0 Å². The van der Waals surface area contributed by atoms with Gasteiger partial charge in [-0.15, -0.1) is 0 Å². The summed E-state index contributed by atoms with van der Waals surface area (Å²) in [4.78, 5) is 27.6. The number of alkyl halides is 1. The monoisotopic (exact) mass is 629 g/mol. The Balaban J connectivity index is 2.09. The summed E-state index contributed by atoms with van der Waals surface area (Å²) in [6.07, 6.45) is 1.69. The van der Waals surface area contributed by atoms with E-state index >= 15 is 4.39 Å². The van der Waals surface area contributed by atoms with E-state index in [2.05, 4.69) is 15.9 Å². The summed E-state index contributed by atoms with van der Waals surface area (Å²) in [5.74, 6) is -9.51. The highest BCUT2D eigenvalue weighted by Crippen LogP contribution is 2.41. The lowest BCUT2D eigenvalue weighted by molar-refractivity contribution is 0.0610. The number of aromatic hydroxyl groups is 1. The zero-order valence-electron chi connectivity index (χ0n) is 21.4. The molecular formula is C27H25BrF5N3O4. The molecule has 1 aliphatic rings. The highest BCUT2D eigenvalue weighted by atomic mass is 79.9. The number of ether oxygens (including phenoxy) is 1. The minimum Gasteiger partial charge on any atom is -0.507 e. The minimum absolute atomic E-state index is 0.107. The second-order valence-corrected chi connectivity index (χ2v) is 9.94. The van der Waals surface area contributed by atoms with E-state index in [9.17, 15) is 32.3 Å². The Morgan fingerprint density at radius 3 is 2.38 bits per heavy atom. The van der Waals surface area contributed by atoms with E-state index < -0.39 is 69.5 Å². The molecule has 0 aliphatic carbocycles. The maximum Gasteiger partial charge on any atom is 0.277 e. The van der Waals surface area contributed by atoms with Crippen LogP contribution in [0.2, 0.25) is 0 Å². The zero-order chi connectivity index (χ0) is 29.3. The Hall–Kier alpha value is -3.61. The van der Waals surface area contributed by atoms with Gasteiger partial charge in [0.25, 0.3) is 5.91 Å². The van der Waals surface area contributed by atoms with Gasteiger partial charge in [0.15, 0.2) is 40.5 Å². The lowest BCUT2D eigenvalue weighted by atomic mass is 9.94. The van der Waals surface area contributed by atoms with Crippen LogP contribution in [-0.4, -0.2) is 45.7 Å². The van der Waals surface area contributed by atoms with Gasteiger partial charge in [-0.1, -0.05) is 35.3 Å². The third kappa shape index (κ3) is 5.14. The van der Waals surface area contributed by atoms with Gasteiger partial charge in [-0.3, -0.25) is 19.3 Å². The third-order valence-electron chi connectivity index (χ3n) is 6.66. The Labute approximate surface area is 234 Å². The number of benzene rings is 2. The molecule has 214 valence electrons. The molecule has 0 saturated heterocycles. The molecule has 2 atom stereocenters. The lowest BCUT2D eigenvalue weighted by Gasteiger charge is -2.49. The number of halogens is 6. The molecule has 3 aromatic rings. The molecule has 0 radical (unpaired) electrons. The van der Waals surface area contributed by atoms with Crippen molar-refractivity contribution in [3.63, 3.8) is 0 Å². The van der Waals surface area contributed by atoms with Crippen LogP contribution in [0.5, 0.6) is 11.5 Å². The SMILES string of the molecule is CCCCOc1c2n(ccc1=O)N(C(c1cc(F)c(F)cc1O)c1ccc(F)c(F)c1F)[C@@H](CCBr)N(C)C2=O. The second kappa shape index (κ2) is 11.9. The fourth-order valence-corrected chi connectivity index (χ4v) is 5.08. The third-order valence-corrected chi connectivity index (χ3v) is 7.12. The number of hydrogen-bond acceptors (Lipinski definition) is 5. The normalized spacial score (nSPS) is 15.8. The Kier molecular flexibility index (Phi) is 8.71. The van der Waals surface area contributed by atoms with E-state index in [1.54, 1.807) is 0 Å². The van der Waals surface area contributed by atoms with Crippen LogP contribution in [0.15, 0.2) is 41.3 Å². The minimum atomic E-state index is -1.83. The van der Waals surface area contributed by atoms with Gasteiger partial charge < -0.3 is 14.7 Å². The van der Waals surface area contributed by atoms with E-state index in [1.165, 1.54) is 27.8 Å². The van der Waals surface area contributed by atoms with Gasteiger partial charge in [-0.05, 0) is 25.0 Å². The van der Waals surface area contributed by atoms with Crippen LogP contribution in [-0.2, 0) is 0 Å². The van der Waals surface area contributed by atoms with Gasteiger partial charge in [0.05, 0.1) is 6.61 Å². The number of phenols is 1. The van der Waals surface area contributed by atoms with E-state index in [4.69, 9.17) is 4.74 Å². The van der Waals surface area contributed by atoms with Crippen molar-refractivity contribution >= 4 is 21.8 Å². The van der Waals surface area contributed by atoms with E-state index in [0.717, 1.165) is 18.6 Å². The van der Waals surface area contributed by atoms with Crippen LogP contribution >= 0.6 is 15.9 Å². The molecule has 2 heterocycles. The topological polar surface area (TPSA) is 75.0 Å². The predicted molar refractivity (Wildman–Crippen MR) is 140 cm³/mol. The maximum absolute atomic E-state index is 15.4. The molecule has 0 saturated carbocycles. The molecule has 2 aromatic carbocycles. The first-order valence-corrected chi connectivity index (χ1v) is 13.5. The molecule has 4 rings (SSSR count). The zero-order valence-corrected chi connectivity index (χ0v) is 23.0. The molecule has 7 nitrogen and oxygen atoms in total. The first-order chi connectivity index (χ1) is 19.0. The average molecular weight is 630 g/mol. The van der Waals surface area contributed by atoms with Gasteiger partial charge in [0.2, 0.25) is 5.43 Å². The lowest BCUT2D eigenvalue weighted by Crippen LogP contribution is -2.61. The first kappa shape index (κ1) is 29.4. The molecule has 1 amide bonds. The number of phenolic OH excluding ortho intramolecular Hbond substituents is 1. The summed E-state index contributed by atoms with van der Waals surface area (Å²) in [6.45, 7) is 2.01. The van der Waals surface area contributed by atoms with E-state index in [-0.39, 0.29) is 29.8 Å².